The third kappa shape index (κ3) is 3.33. The monoisotopic (exact) mass is 268 g/mol. The molecule has 102 valence electrons. The van der Waals surface area contributed by atoms with Crippen LogP contribution in [0.5, 0.6) is 5.75 Å². The Bertz CT molecular complexity index is 638. The van der Waals surface area contributed by atoms with Gasteiger partial charge in [0.25, 0.3) is 0 Å². The highest BCUT2D eigenvalue weighted by molar-refractivity contribution is 5.94. The molecule has 0 saturated heterocycles. The number of hydrogen-bond donors (Lipinski definition) is 0. The summed E-state index contributed by atoms with van der Waals surface area (Å²) in [6.45, 7) is 7.71. The van der Waals surface area contributed by atoms with Crippen molar-refractivity contribution >= 4 is 16.7 Å². The van der Waals surface area contributed by atoms with Crippen LogP contribution >= 0.6 is 0 Å². The summed E-state index contributed by atoms with van der Waals surface area (Å²) in [5, 5.41) is 1.91. The molecule has 0 aliphatic heterocycles. The fourth-order valence-electron chi connectivity index (χ4n) is 1.78. The second-order valence-electron chi connectivity index (χ2n) is 4.27. The summed E-state index contributed by atoms with van der Waals surface area (Å²) in [4.78, 5) is 11.9. The van der Waals surface area contributed by atoms with E-state index in [4.69, 9.17) is 9.47 Å². The fraction of sp³-hybridized carbons (Fsp3) is 0.118. The molecule has 2 rings (SSSR count). The third-order valence-electron chi connectivity index (χ3n) is 2.75. The molecule has 0 aromatic heterocycles. The highest BCUT2D eigenvalue weighted by Gasteiger charge is 2.11. The number of ether oxygens (including phenoxy) is 2. The zero-order valence-electron chi connectivity index (χ0n) is 11.2. The average molecular weight is 268 g/mol. The number of hydrogen-bond acceptors (Lipinski definition) is 3. The quantitative estimate of drug-likeness (QED) is 0.264. The maximum atomic E-state index is 11.9. The Morgan fingerprint density at radius 3 is 2.70 bits per heavy atom. The fourth-order valence-corrected chi connectivity index (χ4v) is 1.78. The van der Waals surface area contributed by atoms with Crippen LogP contribution in [0, 0.1) is 0 Å². The molecule has 20 heavy (non-hydrogen) atoms. The highest BCUT2D eigenvalue weighted by atomic mass is 16.5. The van der Waals surface area contributed by atoms with Gasteiger partial charge < -0.3 is 9.47 Å². The van der Waals surface area contributed by atoms with Crippen molar-refractivity contribution in [2.24, 2.45) is 0 Å². The Kier molecular flexibility index (Phi) is 4.69. The minimum Gasteiger partial charge on any atom is -0.422 e. The Balaban J connectivity index is 2.10. The Hall–Kier alpha value is -2.39. The minimum atomic E-state index is -0.481. The average Bonchev–Trinajstić information content (AvgIpc) is 2.47. The molecule has 0 aliphatic rings. The van der Waals surface area contributed by atoms with Gasteiger partial charge in [0.15, 0.2) is 0 Å². The molecule has 0 fully saturated rings. The molecular formula is C17H16O3. The second kappa shape index (κ2) is 6.68. The lowest BCUT2D eigenvalue weighted by molar-refractivity contribution is -0.130. The summed E-state index contributed by atoms with van der Waals surface area (Å²) >= 11 is 0. The first-order valence-electron chi connectivity index (χ1n) is 6.28. The predicted octanol–water partition coefficient (Wildman–Crippen LogP) is 3.50. The van der Waals surface area contributed by atoms with Gasteiger partial charge in [0.2, 0.25) is 0 Å². The summed E-state index contributed by atoms with van der Waals surface area (Å²) in [7, 11) is 0. The van der Waals surface area contributed by atoms with Gasteiger partial charge in [-0.25, -0.2) is 4.79 Å². The van der Waals surface area contributed by atoms with Gasteiger partial charge in [-0.15, -0.1) is 6.58 Å². The van der Waals surface area contributed by atoms with Crippen molar-refractivity contribution in [3.63, 3.8) is 0 Å². The lowest BCUT2D eigenvalue weighted by Gasteiger charge is -2.09. The zero-order chi connectivity index (χ0) is 14.4. The van der Waals surface area contributed by atoms with Crippen molar-refractivity contribution in [1.82, 2.24) is 0 Å². The van der Waals surface area contributed by atoms with Gasteiger partial charge in [0, 0.05) is 5.39 Å². The predicted molar refractivity (Wildman–Crippen MR) is 79.7 cm³/mol. The van der Waals surface area contributed by atoms with Crippen molar-refractivity contribution in [1.29, 1.82) is 0 Å². The molecule has 0 bridgehead atoms. The highest BCUT2D eigenvalue weighted by Crippen LogP contribution is 2.25. The summed E-state index contributed by atoms with van der Waals surface area (Å²) in [6, 6.07) is 13.3. The van der Waals surface area contributed by atoms with Crippen LogP contribution in [0.3, 0.4) is 0 Å². The van der Waals surface area contributed by atoms with Crippen LogP contribution in [0.1, 0.15) is 0 Å². The number of rotatable bonds is 6. The van der Waals surface area contributed by atoms with Crippen LogP contribution in [0.15, 0.2) is 67.3 Å². The van der Waals surface area contributed by atoms with Gasteiger partial charge in [0.05, 0.1) is 18.8 Å². The normalized spacial score (nSPS) is 10.2. The van der Waals surface area contributed by atoms with Crippen LogP contribution in [-0.4, -0.2) is 19.2 Å². The van der Waals surface area contributed by atoms with E-state index in [0.29, 0.717) is 12.4 Å². The van der Waals surface area contributed by atoms with Gasteiger partial charge in [-0.1, -0.05) is 49.1 Å². The summed E-state index contributed by atoms with van der Waals surface area (Å²) in [5.41, 5.74) is 0.278. The number of esters is 1. The largest absolute Gasteiger partial charge is 0.422 e. The summed E-state index contributed by atoms with van der Waals surface area (Å²) < 4.78 is 10.5. The molecule has 0 heterocycles. The molecule has 0 amide bonds. The first kappa shape index (κ1) is 14.0. The molecule has 0 saturated carbocycles. The topological polar surface area (TPSA) is 35.5 Å². The molecular weight excluding hydrogens is 252 g/mol. The van der Waals surface area contributed by atoms with Crippen LogP contribution in [0.25, 0.3) is 10.8 Å². The van der Waals surface area contributed by atoms with Crippen molar-refractivity contribution in [2.45, 2.75) is 0 Å². The molecule has 2 aromatic rings. The van der Waals surface area contributed by atoms with Crippen LogP contribution in [0.2, 0.25) is 0 Å². The van der Waals surface area contributed by atoms with Crippen molar-refractivity contribution in [2.75, 3.05) is 13.2 Å². The Labute approximate surface area is 118 Å². The third-order valence-corrected chi connectivity index (χ3v) is 2.75. The van der Waals surface area contributed by atoms with E-state index in [1.165, 1.54) is 0 Å². The van der Waals surface area contributed by atoms with E-state index in [0.717, 1.165) is 10.8 Å². The molecule has 0 aliphatic carbocycles. The maximum Gasteiger partial charge on any atom is 0.341 e. The van der Waals surface area contributed by atoms with E-state index in [2.05, 4.69) is 13.2 Å². The van der Waals surface area contributed by atoms with Gasteiger partial charge in [-0.2, -0.15) is 0 Å². The van der Waals surface area contributed by atoms with Gasteiger partial charge in [-0.05, 0) is 11.5 Å². The second-order valence-corrected chi connectivity index (χ2v) is 4.27. The zero-order valence-corrected chi connectivity index (χ0v) is 11.2. The van der Waals surface area contributed by atoms with Crippen molar-refractivity contribution < 1.29 is 14.3 Å². The molecule has 2 aromatic carbocycles. The van der Waals surface area contributed by atoms with Crippen LogP contribution in [-0.2, 0) is 9.53 Å². The molecule has 0 radical (unpaired) electrons. The lowest BCUT2D eigenvalue weighted by Crippen LogP contribution is -2.14. The summed E-state index contributed by atoms with van der Waals surface area (Å²) in [6.07, 6.45) is 1.61. The van der Waals surface area contributed by atoms with E-state index in [1.807, 2.05) is 36.4 Å². The van der Waals surface area contributed by atoms with E-state index in [9.17, 15) is 4.79 Å². The van der Waals surface area contributed by atoms with Crippen LogP contribution in [0.4, 0.5) is 0 Å². The smallest absolute Gasteiger partial charge is 0.341 e. The number of carbonyl (C=O) groups is 1. The lowest BCUT2D eigenvalue weighted by atomic mass is 10.1. The van der Waals surface area contributed by atoms with E-state index in [1.54, 1.807) is 12.1 Å². The molecule has 0 spiro atoms. The number of benzene rings is 2. The summed E-state index contributed by atoms with van der Waals surface area (Å²) in [5.74, 6) is 0.0448. The van der Waals surface area contributed by atoms with E-state index >= 15 is 0 Å². The molecule has 0 N–H and O–H groups in total. The molecule has 0 unspecified atom stereocenters. The first-order chi connectivity index (χ1) is 9.72. The standard InChI is InChI=1S/C17H16O3/c1-3-11-19-12-13(2)17(18)20-16-10-6-8-14-7-4-5-9-15(14)16/h3-10H,1-2,11-12H2. The van der Waals surface area contributed by atoms with Gasteiger partial charge in [0.1, 0.15) is 5.75 Å². The first-order valence-corrected chi connectivity index (χ1v) is 6.28. The van der Waals surface area contributed by atoms with E-state index < -0.39 is 5.97 Å². The molecule has 0 atom stereocenters. The SMILES string of the molecule is C=CCOCC(=C)C(=O)Oc1cccc2ccccc12. The Morgan fingerprint density at radius 1 is 1.15 bits per heavy atom. The molecule has 3 heteroatoms. The van der Waals surface area contributed by atoms with Gasteiger partial charge in [-0.3, -0.25) is 0 Å². The minimum absolute atomic E-state index is 0.135. The number of carbonyl (C=O) groups excluding carboxylic acids is 1. The maximum absolute atomic E-state index is 11.9. The Morgan fingerprint density at radius 2 is 1.90 bits per heavy atom. The van der Waals surface area contributed by atoms with Crippen LogP contribution < -0.4 is 4.74 Å². The van der Waals surface area contributed by atoms with Crippen molar-refractivity contribution in [3.05, 3.63) is 67.3 Å². The van der Waals surface area contributed by atoms with E-state index in [-0.39, 0.29) is 12.2 Å². The van der Waals surface area contributed by atoms with Crippen molar-refractivity contribution in [3.8, 4) is 5.75 Å². The number of fused-ring (bicyclic) bond motifs is 1. The van der Waals surface area contributed by atoms with Gasteiger partial charge >= 0.3 is 5.97 Å². The molecule has 3 nitrogen and oxygen atoms in total.